The van der Waals surface area contributed by atoms with E-state index in [1.54, 1.807) is 0 Å². The molecule has 0 aromatic carbocycles. The first-order valence-corrected chi connectivity index (χ1v) is 3.32. The van der Waals surface area contributed by atoms with Gasteiger partial charge in [0.2, 0.25) is 0 Å². The zero-order valence-electron chi connectivity index (χ0n) is 6.38. The van der Waals surface area contributed by atoms with Gasteiger partial charge in [-0.15, -0.1) is 0 Å². The van der Waals surface area contributed by atoms with Crippen molar-refractivity contribution in [3.05, 3.63) is 27.5 Å². The molecular formula is C7H6F2N2O2. The Hall–Kier alpha value is -1.72. The number of rotatable bonds is 2. The summed E-state index contributed by atoms with van der Waals surface area (Å²) in [6.07, 6.45) is -2.84. The van der Waals surface area contributed by atoms with Crippen molar-refractivity contribution in [3.63, 3.8) is 0 Å². The molecule has 0 saturated heterocycles. The number of nitrogen functional groups attached to an aromatic ring is 1. The summed E-state index contributed by atoms with van der Waals surface area (Å²) in [5.41, 5.74) is 3.00. The van der Waals surface area contributed by atoms with Crippen molar-refractivity contribution < 1.29 is 13.6 Å². The van der Waals surface area contributed by atoms with Crippen molar-refractivity contribution in [2.75, 3.05) is 5.73 Å². The molecule has 0 radical (unpaired) electrons. The molecule has 0 atom stereocenters. The number of carbonyl (C=O) groups is 1. The number of aromatic amines is 1. The summed E-state index contributed by atoms with van der Waals surface area (Å²) in [4.78, 5) is 23.3. The number of aldehydes is 1. The molecule has 4 nitrogen and oxygen atoms in total. The van der Waals surface area contributed by atoms with Gasteiger partial charge in [0.05, 0.1) is 11.3 Å². The van der Waals surface area contributed by atoms with E-state index in [0.717, 1.165) is 6.07 Å². The fraction of sp³-hybridized carbons (Fsp3) is 0.143. The molecule has 1 aromatic heterocycles. The molecule has 0 unspecified atom stereocenters. The van der Waals surface area contributed by atoms with E-state index < -0.39 is 23.1 Å². The summed E-state index contributed by atoms with van der Waals surface area (Å²) in [6.45, 7) is 0. The van der Waals surface area contributed by atoms with Crippen LogP contribution in [0.25, 0.3) is 0 Å². The van der Waals surface area contributed by atoms with Crippen LogP contribution in [0.3, 0.4) is 0 Å². The minimum atomic E-state index is -2.92. The average Bonchev–Trinajstić information content (AvgIpc) is 2.02. The van der Waals surface area contributed by atoms with Crippen LogP contribution in [0.1, 0.15) is 22.5 Å². The normalized spacial score (nSPS) is 10.4. The first kappa shape index (κ1) is 9.37. The first-order valence-electron chi connectivity index (χ1n) is 3.32. The second kappa shape index (κ2) is 3.34. The molecule has 0 bridgehead atoms. The summed E-state index contributed by atoms with van der Waals surface area (Å²) in [6, 6.07) is 0.885. The maximum absolute atomic E-state index is 12.2. The molecule has 0 amide bonds. The van der Waals surface area contributed by atoms with Crippen molar-refractivity contribution >= 4 is 12.1 Å². The van der Waals surface area contributed by atoms with Crippen LogP contribution in [0.4, 0.5) is 14.6 Å². The summed E-state index contributed by atoms with van der Waals surface area (Å²) in [5.74, 6) is -0.189. The molecule has 0 spiro atoms. The van der Waals surface area contributed by atoms with Gasteiger partial charge < -0.3 is 10.7 Å². The Balaban J connectivity index is 3.47. The average molecular weight is 188 g/mol. The van der Waals surface area contributed by atoms with Crippen LogP contribution in [0.15, 0.2) is 10.9 Å². The molecule has 70 valence electrons. The van der Waals surface area contributed by atoms with Crippen LogP contribution in [-0.2, 0) is 0 Å². The predicted molar refractivity (Wildman–Crippen MR) is 41.8 cm³/mol. The number of nitrogens with one attached hydrogen (secondary N) is 1. The largest absolute Gasteiger partial charge is 0.385 e. The molecule has 0 saturated carbocycles. The van der Waals surface area contributed by atoms with E-state index >= 15 is 0 Å². The Kier molecular flexibility index (Phi) is 2.41. The molecule has 1 rings (SSSR count). The van der Waals surface area contributed by atoms with Crippen molar-refractivity contribution in [1.29, 1.82) is 0 Å². The van der Waals surface area contributed by atoms with Crippen molar-refractivity contribution in [3.8, 4) is 0 Å². The highest BCUT2D eigenvalue weighted by Crippen LogP contribution is 2.18. The second-order valence-electron chi connectivity index (χ2n) is 2.33. The van der Waals surface area contributed by atoms with E-state index in [2.05, 4.69) is 4.98 Å². The Morgan fingerprint density at radius 2 is 2.15 bits per heavy atom. The maximum atomic E-state index is 12.2. The minimum Gasteiger partial charge on any atom is -0.385 e. The summed E-state index contributed by atoms with van der Waals surface area (Å²) in [5, 5.41) is 0. The highest BCUT2D eigenvalue weighted by Gasteiger charge is 2.16. The van der Waals surface area contributed by atoms with E-state index in [-0.39, 0.29) is 12.1 Å². The lowest BCUT2D eigenvalue weighted by atomic mass is 10.2. The van der Waals surface area contributed by atoms with Crippen LogP contribution in [-0.4, -0.2) is 11.3 Å². The van der Waals surface area contributed by atoms with E-state index in [1.807, 2.05) is 0 Å². The molecule has 1 heterocycles. The Bertz CT molecular complexity index is 387. The zero-order chi connectivity index (χ0) is 10.0. The third kappa shape index (κ3) is 1.71. The van der Waals surface area contributed by atoms with Gasteiger partial charge in [-0.3, -0.25) is 9.59 Å². The number of anilines is 1. The molecule has 3 N–H and O–H groups in total. The Labute approximate surface area is 71.4 Å². The predicted octanol–water partition coefficient (Wildman–Crippen LogP) is 0.707. The van der Waals surface area contributed by atoms with Crippen molar-refractivity contribution in [2.45, 2.75) is 6.43 Å². The van der Waals surface area contributed by atoms with E-state index in [0.29, 0.717) is 0 Å². The van der Waals surface area contributed by atoms with Crippen molar-refractivity contribution in [1.82, 2.24) is 4.98 Å². The Morgan fingerprint density at radius 3 is 2.62 bits per heavy atom. The number of carbonyl (C=O) groups excluding carboxylic acids is 1. The molecule has 0 aliphatic heterocycles. The summed E-state index contributed by atoms with van der Waals surface area (Å²) >= 11 is 0. The number of nitrogens with two attached hydrogens (primary N) is 1. The fourth-order valence-corrected chi connectivity index (χ4v) is 0.904. The van der Waals surface area contributed by atoms with Gasteiger partial charge in [-0.05, 0) is 0 Å². The molecule has 6 heteroatoms. The minimum absolute atomic E-state index is 0.0831. The highest BCUT2D eigenvalue weighted by atomic mass is 19.3. The van der Waals surface area contributed by atoms with Gasteiger partial charge >= 0.3 is 0 Å². The van der Waals surface area contributed by atoms with Gasteiger partial charge in [0.1, 0.15) is 5.82 Å². The van der Waals surface area contributed by atoms with Crippen molar-refractivity contribution in [2.24, 2.45) is 0 Å². The van der Waals surface area contributed by atoms with Gasteiger partial charge in [-0.2, -0.15) is 0 Å². The molecule has 0 aliphatic carbocycles. The van der Waals surface area contributed by atoms with Gasteiger partial charge in [-0.1, -0.05) is 0 Å². The zero-order valence-corrected chi connectivity index (χ0v) is 6.38. The number of pyridine rings is 1. The molecule has 0 fully saturated rings. The number of halogens is 2. The van der Waals surface area contributed by atoms with Gasteiger partial charge in [0, 0.05) is 6.07 Å². The lowest BCUT2D eigenvalue weighted by molar-refractivity contribution is 0.110. The number of H-pyrrole nitrogens is 1. The number of hydrogen-bond acceptors (Lipinski definition) is 3. The second-order valence-corrected chi connectivity index (χ2v) is 2.33. The molecular weight excluding hydrogens is 182 g/mol. The maximum Gasteiger partial charge on any atom is 0.279 e. The molecule has 13 heavy (non-hydrogen) atoms. The molecule has 0 aliphatic rings. The number of alkyl halides is 2. The van der Waals surface area contributed by atoms with E-state index in [1.165, 1.54) is 0 Å². The van der Waals surface area contributed by atoms with E-state index in [9.17, 15) is 18.4 Å². The summed E-state index contributed by atoms with van der Waals surface area (Å²) in [7, 11) is 0. The SMILES string of the molecule is Nc1cc(=O)c(C=O)c(C(F)F)[nH]1. The fourth-order valence-electron chi connectivity index (χ4n) is 0.904. The quantitative estimate of drug-likeness (QED) is 0.671. The standard InChI is InChI=1S/C7H6F2N2O2/c8-7(9)6-3(2-12)4(13)1-5(10)11-6/h1-2,7H,(H3,10,11,13). The highest BCUT2D eigenvalue weighted by molar-refractivity contribution is 5.76. The Morgan fingerprint density at radius 1 is 1.54 bits per heavy atom. The third-order valence-corrected chi connectivity index (χ3v) is 1.46. The van der Waals surface area contributed by atoms with Crippen LogP contribution < -0.4 is 11.2 Å². The van der Waals surface area contributed by atoms with E-state index in [4.69, 9.17) is 5.73 Å². The molecule has 1 aromatic rings. The van der Waals surface area contributed by atoms with Crippen LogP contribution in [0.2, 0.25) is 0 Å². The topological polar surface area (TPSA) is 76.0 Å². The lowest BCUT2D eigenvalue weighted by Gasteiger charge is -2.03. The number of aromatic nitrogens is 1. The van der Waals surface area contributed by atoms with Crippen LogP contribution >= 0.6 is 0 Å². The lowest BCUT2D eigenvalue weighted by Crippen LogP contribution is -2.14. The van der Waals surface area contributed by atoms with Gasteiger partial charge in [0.25, 0.3) is 6.43 Å². The smallest absolute Gasteiger partial charge is 0.279 e. The van der Waals surface area contributed by atoms with Crippen LogP contribution in [0.5, 0.6) is 0 Å². The van der Waals surface area contributed by atoms with Crippen LogP contribution in [0, 0.1) is 0 Å². The third-order valence-electron chi connectivity index (χ3n) is 1.46. The number of hydrogen-bond donors (Lipinski definition) is 2. The van der Waals surface area contributed by atoms with Gasteiger partial charge in [0.15, 0.2) is 11.7 Å². The first-order chi connectivity index (χ1) is 6.06. The van der Waals surface area contributed by atoms with Gasteiger partial charge in [-0.25, -0.2) is 8.78 Å². The summed E-state index contributed by atoms with van der Waals surface area (Å²) < 4.78 is 24.4. The monoisotopic (exact) mass is 188 g/mol.